The van der Waals surface area contributed by atoms with E-state index in [1.807, 2.05) is 18.3 Å². The van der Waals surface area contributed by atoms with Crippen molar-refractivity contribution in [2.45, 2.75) is 31.6 Å². The van der Waals surface area contributed by atoms with Gasteiger partial charge in [-0.05, 0) is 54.8 Å². The second kappa shape index (κ2) is 9.52. The fraction of sp³-hybridized carbons (Fsp3) is 0.320. The first kappa shape index (κ1) is 22.5. The zero-order valence-corrected chi connectivity index (χ0v) is 18.4. The van der Waals surface area contributed by atoms with E-state index in [1.165, 1.54) is 17.2 Å². The van der Waals surface area contributed by atoms with Crippen molar-refractivity contribution in [3.63, 3.8) is 0 Å². The van der Waals surface area contributed by atoms with Crippen molar-refractivity contribution < 1.29 is 22.7 Å². The first-order chi connectivity index (χ1) is 16.6. The molecule has 176 valence electrons. The summed E-state index contributed by atoms with van der Waals surface area (Å²) in [5, 5.41) is 3.74. The van der Waals surface area contributed by atoms with Crippen molar-refractivity contribution in [1.82, 2.24) is 14.9 Å². The molecule has 1 fully saturated rings. The number of pyridine rings is 2. The summed E-state index contributed by atoms with van der Waals surface area (Å²) in [4.78, 5) is 15.7. The van der Waals surface area contributed by atoms with Crippen LogP contribution in [-0.2, 0) is 28.3 Å². The lowest BCUT2D eigenvalue weighted by Gasteiger charge is -2.39. The van der Waals surface area contributed by atoms with Crippen LogP contribution in [0.2, 0.25) is 0 Å². The van der Waals surface area contributed by atoms with Gasteiger partial charge in [-0.1, -0.05) is 5.16 Å². The molecule has 1 saturated heterocycles. The molecule has 0 aliphatic carbocycles. The quantitative estimate of drug-likeness (QED) is 0.395. The van der Waals surface area contributed by atoms with Gasteiger partial charge >= 0.3 is 0 Å². The first-order valence-corrected chi connectivity index (χ1v) is 11.0. The van der Waals surface area contributed by atoms with Gasteiger partial charge < -0.3 is 9.57 Å². The van der Waals surface area contributed by atoms with Crippen LogP contribution in [0.1, 0.15) is 40.8 Å². The normalized spacial score (nSPS) is 17.7. The van der Waals surface area contributed by atoms with Gasteiger partial charge in [0.05, 0.1) is 17.9 Å². The fourth-order valence-electron chi connectivity index (χ4n) is 4.63. The Morgan fingerprint density at radius 3 is 2.62 bits per heavy atom. The number of hydrogen-bond acceptors (Lipinski definition) is 6. The number of rotatable bonds is 6. The van der Waals surface area contributed by atoms with E-state index in [9.17, 15) is 13.2 Å². The Morgan fingerprint density at radius 2 is 1.88 bits per heavy atom. The average molecular weight is 468 g/mol. The number of alkyl halides is 1. The van der Waals surface area contributed by atoms with Gasteiger partial charge in [0.2, 0.25) is 0 Å². The molecule has 0 atom stereocenters. The highest BCUT2D eigenvalue weighted by Gasteiger charge is 2.42. The summed E-state index contributed by atoms with van der Waals surface area (Å²) in [5.41, 5.74) is 3.96. The van der Waals surface area contributed by atoms with Crippen LogP contribution < -0.4 is 0 Å². The minimum Gasteiger partial charge on any atom is -0.365 e. The van der Waals surface area contributed by atoms with E-state index >= 15 is 0 Å². The Labute approximate surface area is 195 Å². The van der Waals surface area contributed by atoms with E-state index in [4.69, 9.17) is 4.74 Å². The third-order valence-corrected chi connectivity index (χ3v) is 6.45. The first-order valence-electron chi connectivity index (χ1n) is 11.0. The Balaban J connectivity index is 1.27. The predicted molar refractivity (Wildman–Crippen MR) is 119 cm³/mol. The summed E-state index contributed by atoms with van der Waals surface area (Å²) in [7, 11) is 0. The molecule has 0 saturated carbocycles. The van der Waals surface area contributed by atoms with Crippen molar-refractivity contribution in [2.75, 3.05) is 20.0 Å². The molecule has 1 aromatic carbocycles. The third-order valence-electron chi connectivity index (χ3n) is 6.45. The van der Waals surface area contributed by atoms with Gasteiger partial charge in [-0.25, -0.2) is 13.2 Å². The maximum Gasteiger partial charge on any atom is 0.255 e. The van der Waals surface area contributed by atoms with Crippen LogP contribution in [0.5, 0.6) is 0 Å². The molecule has 9 heteroatoms. The van der Waals surface area contributed by atoms with Crippen LogP contribution in [0.4, 0.5) is 13.2 Å². The topological polar surface area (TPSA) is 59.8 Å². The highest BCUT2D eigenvalue weighted by molar-refractivity contribution is 6.12. The number of likely N-dealkylation sites (tertiary alicyclic amines) is 1. The molecule has 2 aliphatic rings. The standard InChI is InChI=1S/C25H23F3N4O2/c26-16-34-31-24(17-2-4-22(27)23(28)11-17)18-1-3-20(30-12-18)14-32-9-6-25(7-10-32)21-13-29-8-5-19(21)15-33-25/h1-5,8,11-13H,6-7,9-10,14-16H2/b31-24+. The number of piperidine rings is 1. The lowest BCUT2D eigenvalue weighted by molar-refractivity contribution is -0.0801. The molecule has 5 rings (SSSR count). The number of oxime groups is 1. The summed E-state index contributed by atoms with van der Waals surface area (Å²) in [5.74, 6) is -2.00. The van der Waals surface area contributed by atoms with Gasteiger partial charge in [-0.15, -0.1) is 0 Å². The predicted octanol–water partition coefficient (Wildman–Crippen LogP) is 4.47. The summed E-state index contributed by atoms with van der Waals surface area (Å²) in [6, 6.07) is 8.97. The molecular weight excluding hydrogens is 445 g/mol. The van der Waals surface area contributed by atoms with Crippen molar-refractivity contribution in [1.29, 1.82) is 0 Å². The molecule has 0 bridgehead atoms. The van der Waals surface area contributed by atoms with Gasteiger partial charge in [0.25, 0.3) is 6.86 Å². The number of nitrogens with zero attached hydrogens (tertiary/aromatic N) is 4. The minimum atomic E-state index is -1.14. The number of hydrogen-bond donors (Lipinski definition) is 0. The van der Waals surface area contributed by atoms with Gasteiger partial charge in [0, 0.05) is 54.9 Å². The van der Waals surface area contributed by atoms with Crippen molar-refractivity contribution >= 4 is 5.71 Å². The second-order valence-electron chi connectivity index (χ2n) is 8.44. The Bertz CT molecular complexity index is 1200. The fourth-order valence-corrected chi connectivity index (χ4v) is 4.63. The number of ether oxygens (including phenoxy) is 1. The molecule has 0 N–H and O–H groups in total. The summed E-state index contributed by atoms with van der Waals surface area (Å²) >= 11 is 0. The Kier molecular flexibility index (Phi) is 6.30. The molecule has 1 spiro atoms. The average Bonchev–Trinajstić information content (AvgIpc) is 3.22. The van der Waals surface area contributed by atoms with Crippen LogP contribution in [-0.4, -0.2) is 40.5 Å². The third kappa shape index (κ3) is 4.41. The van der Waals surface area contributed by atoms with E-state index in [2.05, 4.69) is 24.9 Å². The Morgan fingerprint density at radius 1 is 1.06 bits per heavy atom. The lowest BCUT2D eigenvalue weighted by Crippen LogP contribution is -2.42. The number of fused-ring (bicyclic) bond motifs is 2. The molecule has 2 aromatic heterocycles. The van der Waals surface area contributed by atoms with Gasteiger partial charge in [0.15, 0.2) is 11.6 Å². The zero-order chi connectivity index (χ0) is 23.5. The van der Waals surface area contributed by atoms with Crippen LogP contribution in [0.15, 0.2) is 60.1 Å². The number of benzene rings is 1. The van der Waals surface area contributed by atoms with Gasteiger partial charge in [-0.2, -0.15) is 0 Å². The van der Waals surface area contributed by atoms with Crippen LogP contribution in [0, 0.1) is 11.6 Å². The molecule has 4 heterocycles. The van der Waals surface area contributed by atoms with Crippen molar-refractivity contribution in [3.05, 3.63) is 94.6 Å². The molecule has 0 radical (unpaired) electrons. The maximum absolute atomic E-state index is 13.7. The smallest absolute Gasteiger partial charge is 0.255 e. The summed E-state index contributed by atoms with van der Waals surface area (Å²) < 4.78 is 45.8. The van der Waals surface area contributed by atoms with Crippen molar-refractivity contribution in [2.24, 2.45) is 5.16 Å². The number of halogens is 3. The highest BCUT2D eigenvalue weighted by Crippen LogP contribution is 2.43. The van der Waals surface area contributed by atoms with Gasteiger partial charge in [0.1, 0.15) is 5.71 Å². The minimum absolute atomic E-state index is 0.168. The largest absolute Gasteiger partial charge is 0.365 e. The van der Waals surface area contributed by atoms with Crippen LogP contribution in [0.3, 0.4) is 0 Å². The van der Waals surface area contributed by atoms with Crippen molar-refractivity contribution in [3.8, 4) is 0 Å². The molecule has 3 aromatic rings. The molecule has 6 nitrogen and oxygen atoms in total. The Hall–Kier alpha value is -3.30. The maximum atomic E-state index is 13.7. The van der Waals surface area contributed by atoms with Crippen LogP contribution in [0.25, 0.3) is 0 Å². The molecule has 2 aliphatic heterocycles. The zero-order valence-electron chi connectivity index (χ0n) is 18.4. The van der Waals surface area contributed by atoms with E-state index in [0.29, 0.717) is 18.7 Å². The lowest BCUT2D eigenvalue weighted by atomic mass is 9.85. The SMILES string of the molecule is FCO/N=C(/c1ccc(CN2CCC3(CC2)OCc2ccncc23)nc1)c1ccc(F)c(F)c1. The molecular formula is C25H23F3N4O2. The van der Waals surface area contributed by atoms with E-state index in [-0.39, 0.29) is 16.9 Å². The monoisotopic (exact) mass is 468 g/mol. The van der Waals surface area contributed by atoms with E-state index in [0.717, 1.165) is 43.8 Å². The summed E-state index contributed by atoms with van der Waals surface area (Å²) in [6.07, 6.45) is 7.08. The van der Waals surface area contributed by atoms with E-state index < -0.39 is 18.5 Å². The molecule has 34 heavy (non-hydrogen) atoms. The van der Waals surface area contributed by atoms with E-state index in [1.54, 1.807) is 18.5 Å². The van der Waals surface area contributed by atoms with Gasteiger partial charge in [-0.3, -0.25) is 14.9 Å². The number of aromatic nitrogens is 2. The summed E-state index contributed by atoms with van der Waals surface area (Å²) in [6.45, 7) is 1.89. The second-order valence-corrected chi connectivity index (χ2v) is 8.44. The highest BCUT2D eigenvalue weighted by atomic mass is 19.2. The molecule has 0 amide bonds. The van der Waals surface area contributed by atoms with Crippen LogP contribution >= 0.6 is 0 Å². The molecule has 0 unspecified atom stereocenters.